The van der Waals surface area contributed by atoms with E-state index in [1.54, 1.807) is 0 Å². The molecule has 0 radical (unpaired) electrons. The van der Waals surface area contributed by atoms with E-state index in [1.165, 1.54) is 50.8 Å². The average Bonchev–Trinajstić information content (AvgIpc) is 2.98. The molecule has 6 rings (SSSR count). The van der Waals surface area contributed by atoms with Crippen LogP contribution in [0.1, 0.15) is 48.0 Å². The van der Waals surface area contributed by atoms with Crippen LogP contribution in [0.4, 0.5) is 11.5 Å². The lowest BCUT2D eigenvalue weighted by Gasteiger charge is -2.40. The molecule has 2 fully saturated rings. The third-order valence-electron chi connectivity index (χ3n) is 8.01. The van der Waals surface area contributed by atoms with E-state index in [4.69, 9.17) is 9.97 Å². The van der Waals surface area contributed by atoms with E-state index >= 15 is 0 Å². The highest BCUT2D eigenvalue weighted by Gasteiger charge is 2.26. The van der Waals surface area contributed by atoms with E-state index in [2.05, 4.69) is 46.3 Å². The van der Waals surface area contributed by atoms with Gasteiger partial charge in [0, 0.05) is 30.4 Å². The van der Waals surface area contributed by atoms with Gasteiger partial charge in [0.25, 0.3) is 5.91 Å². The van der Waals surface area contributed by atoms with Crippen molar-refractivity contribution < 1.29 is 4.79 Å². The fourth-order valence-corrected chi connectivity index (χ4v) is 5.74. The van der Waals surface area contributed by atoms with Gasteiger partial charge in [-0.15, -0.1) is 0 Å². The topological polar surface area (TPSA) is 61.4 Å². The molecule has 0 spiro atoms. The first-order valence-electron chi connectivity index (χ1n) is 13.9. The van der Waals surface area contributed by atoms with Crippen LogP contribution < -0.4 is 10.2 Å². The largest absolute Gasteiger partial charge is 0.355 e. The number of fused-ring (bicyclic) bond motifs is 1. The number of benzene rings is 3. The van der Waals surface area contributed by atoms with Crippen molar-refractivity contribution in [3.05, 3.63) is 84.1 Å². The summed E-state index contributed by atoms with van der Waals surface area (Å²) in [5.41, 5.74) is 6.43. The second-order valence-corrected chi connectivity index (χ2v) is 10.6. The van der Waals surface area contributed by atoms with Crippen molar-refractivity contribution in [1.82, 2.24) is 14.9 Å². The van der Waals surface area contributed by atoms with Gasteiger partial charge in [-0.3, -0.25) is 9.78 Å². The molecule has 2 aliphatic heterocycles. The predicted molar refractivity (Wildman–Crippen MR) is 155 cm³/mol. The standard InChI is InChI=1S/C32H35N5O/c1-23-5-7-24(8-6-23)25-9-11-26(12-10-25)32(38)34-27-13-14-29-30(21-27)33-22-31(35-29)37-19-15-28(16-20-37)36-17-3-2-4-18-36/h5-14,21-22,28H,2-4,15-20H2,1H3,(H,34,38). The number of aryl methyl sites for hydroxylation is 1. The van der Waals surface area contributed by atoms with Gasteiger partial charge >= 0.3 is 0 Å². The Morgan fingerprint density at radius 1 is 0.816 bits per heavy atom. The monoisotopic (exact) mass is 505 g/mol. The minimum Gasteiger partial charge on any atom is -0.355 e. The number of aromatic nitrogens is 2. The van der Waals surface area contributed by atoms with Crippen molar-refractivity contribution in [2.75, 3.05) is 36.4 Å². The minimum atomic E-state index is -0.138. The van der Waals surface area contributed by atoms with Crippen molar-refractivity contribution >= 4 is 28.4 Å². The lowest BCUT2D eigenvalue weighted by atomic mass is 10.00. The molecule has 3 heterocycles. The molecule has 1 N–H and O–H groups in total. The lowest BCUT2D eigenvalue weighted by Crippen LogP contribution is -2.46. The molecule has 38 heavy (non-hydrogen) atoms. The summed E-state index contributed by atoms with van der Waals surface area (Å²) in [7, 11) is 0. The number of piperidine rings is 2. The van der Waals surface area contributed by atoms with Crippen molar-refractivity contribution in [3.8, 4) is 11.1 Å². The van der Waals surface area contributed by atoms with E-state index in [0.29, 0.717) is 11.6 Å². The molecule has 194 valence electrons. The Hall–Kier alpha value is -3.77. The zero-order valence-electron chi connectivity index (χ0n) is 22.1. The molecule has 2 saturated heterocycles. The van der Waals surface area contributed by atoms with Crippen LogP contribution in [0.5, 0.6) is 0 Å². The van der Waals surface area contributed by atoms with Crippen molar-refractivity contribution in [2.45, 2.75) is 45.1 Å². The lowest BCUT2D eigenvalue weighted by molar-refractivity contribution is 0.102. The fourth-order valence-electron chi connectivity index (χ4n) is 5.74. The first kappa shape index (κ1) is 24.6. The Bertz CT molecular complexity index is 1400. The van der Waals surface area contributed by atoms with Gasteiger partial charge in [0.05, 0.1) is 17.2 Å². The Labute approximate surface area is 224 Å². The van der Waals surface area contributed by atoms with Gasteiger partial charge in [0.2, 0.25) is 0 Å². The van der Waals surface area contributed by atoms with Crippen LogP contribution in [0, 0.1) is 6.92 Å². The highest BCUT2D eigenvalue weighted by molar-refractivity contribution is 6.05. The van der Waals surface area contributed by atoms with Crippen molar-refractivity contribution in [1.29, 1.82) is 0 Å². The third-order valence-corrected chi connectivity index (χ3v) is 8.01. The van der Waals surface area contributed by atoms with Gasteiger partial charge in [0.1, 0.15) is 5.82 Å². The summed E-state index contributed by atoms with van der Waals surface area (Å²) in [6, 6.07) is 22.6. The molecular formula is C32H35N5O. The van der Waals surface area contributed by atoms with Crippen LogP contribution in [0.2, 0.25) is 0 Å². The number of rotatable bonds is 5. The first-order chi connectivity index (χ1) is 18.6. The van der Waals surface area contributed by atoms with Crippen LogP contribution >= 0.6 is 0 Å². The van der Waals surface area contributed by atoms with Crippen LogP contribution in [0.3, 0.4) is 0 Å². The van der Waals surface area contributed by atoms with Crippen LogP contribution in [0.15, 0.2) is 72.9 Å². The van der Waals surface area contributed by atoms with Gasteiger partial charge in [-0.05, 0) is 87.2 Å². The average molecular weight is 506 g/mol. The van der Waals surface area contributed by atoms with Crippen molar-refractivity contribution in [2.24, 2.45) is 0 Å². The molecular weight excluding hydrogens is 470 g/mol. The van der Waals surface area contributed by atoms with Gasteiger partial charge in [-0.25, -0.2) is 4.98 Å². The summed E-state index contributed by atoms with van der Waals surface area (Å²) in [6.45, 7) is 6.65. The number of carbonyl (C=O) groups excluding carboxylic acids is 1. The van der Waals surface area contributed by atoms with Crippen LogP contribution in [-0.2, 0) is 0 Å². The molecule has 6 heteroatoms. The Morgan fingerprint density at radius 3 is 2.21 bits per heavy atom. The Balaban J connectivity index is 1.09. The number of carbonyl (C=O) groups is 1. The molecule has 4 aromatic rings. The number of likely N-dealkylation sites (tertiary alicyclic amines) is 1. The molecule has 3 aromatic carbocycles. The maximum Gasteiger partial charge on any atom is 0.255 e. The molecule has 1 amide bonds. The van der Waals surface area contributed by atoms with Crippen LogP contribution in [-0.4, -0.2) is 53.0 Å². The van der Waals surface area contributed by atoms with Gasteiger partial charge in [0.15, 0.2) is 0 Å². The van der Waals surface area contributed by atoms with E-state index < -0.39 is 0 Å². The van der Waals surface area contributed by atoms with Gasteiger partial charge in [-0.2, -0.15) is 0 Å². The molecule has 1 aromatic heterocycles. The molecule has 2 aliphatic rings. The number of nitrogens with one attached hydrogen (secondary N) is 1. The number of nitrogens with zero attached hydrogens (tertiary/aromatic N) is 4. The molecule has 0 unspecified atom stereocenters. The van der Waals surface area contributed by atoms with E-state index in [9.17, 15) is 4.79 Å². The van der Waals surface area contributed by atoms with Crippen molar-refractivity contribution in [3.63, 3.8) is 0 Å². The molecule has 0 saturated carbocycles. The highest BCUT2D eigenvalue weighted by atomic mass is 16.1. The predicted octanol–water partition coefficient (Wildman–Crippen LogP) is 6.31. The minimum absolute atomic E-state index is 0.138. The zero-order chi connectivity index (χ0) is 25.9. The van der Waals surface area contributed by atoms with Gasteiger partial charge in [-0.1, -0.05) is 48.4 Å². The van der Waals surface area contributed by atoms with Crippen LogP contribution in [0.25, 0.3) is 22.2 Å². The summed E-state index contributed by atoms with van der Waals surface area (Å²) in [4.78, 5) is 27.5. The maximum absolute atomic E-state index is 12.9. The third kappa shape index (κ3) is 5.41. The number of anilines is 2. The smallest absolute Gasteiger partial charge is 0.255 e. The summed E-state index contributed by atoms with van der Waals surface area (Å²) < 4.78 is 0. The normalized spacial score (nSPS) is 17.0. The maximum atomic E-state index is 12.9. The Kier molecular flexibility index (Phi) is 7.06. The SMILES string of the molecule is Cc1ccc(-c2ccc(C(=O)Nc3ccc4nc(N5CCC(N6CCCCC6)CC5)cnc4c3)cc2)cc1. The number of amides is 1. The molecule has 0 aliphatic carbocycles. The molecule has 0 bridgehead atoms. The number of hydrogen-bond donors (Lipinski definition) is 1. The summed E-state index contributed by atoms with van der Waals surface area (Å²) >= 11 is 0. The van der Waals surface area contributed by atoms with Gasteiger partial charge < -0.3 is 15.1 Å². The quantitative estimate of drug-likeness (QED) is 0.344. The zero-order valence-corrected chi connectivity index (χ0v) is 22.1. The van der Waals surface area contributed by atoms with E-state index in [1.807, 2.05) is 48.7 Å². The second kappa shape index (κ2) is 10.9. The van der Waals surface area contributed by atoms with E-state index in [0.717, 1.165) is 46.8 Å². The molecule has 0 atom stereocenters. The fraction of sp³-hybridized carbons (Fsp3) is 0.344. The molecule has 6 nitrogen and oxygen atoms in total. The number of hydrogen-bond acceptors (Lipinski definition) is 5. The first-order valence-corrected chi connectivity index (χ1v) is 13.9. The summed E-state index contributed by atoms with van der Waals surface area (Å²) in [5.74, 6) is 0.806. The Morgan fingerprint density at radius 2 is 1.50 bits per heavy atom. The second-order valence-electron chi connectivity index (χ2n) is 10.6. The summed E-state index contributed by atoms with van der Waals surface area (Å²) in [6.07, 6.45) is 8.33. The highest BCUT2D eigenvalue weighted by Crippen LogP contribution is 2.26. The summed E-state index contributed by atoms with van der Waals surface area (Å²) in [5, 5.41) is 3.01. The van der Waals surface area contributed by atoms with E-state index in [-0.39, 0.29) is 5.91 Å².